The quantitative estimate of drug-likeness (QED) is 0.851. The van der Waals surface area contributed by atoms with E-state index in [-0.39, 0.29) is 5.54 Å². The van der Waals surface area contributed by atoms with Crippen molar-refractivity contribution in [3.8, 4) is 5.75 Å². The highest BCUT2D eigenvalue weighted by Crippen LogP contribution is 2.30. The molecule has 3 nitrogen and oxygen atoms in total. The molecule has 0 saturated heterocycles. The first-order valence-electron chi connectivity index (χ1n) is 5.70. The van der Waals surface area contributed by atoms with E-state index in [2.05, 4.69) is 5.32 Å². The number of nitrogens with two attached hydrogens (primary N) is 1. The molecule has 0 atom stereocenters. The van der Waals surface area contributed by atoms with Gasteiger partial charge in [-0.2, -0.15) is 0 Å². The van der Waals surface area contributed by atoms with Gasteiger partial charge in [0, 0.05) is 17.1 Å². The number of nitrogens with one attached hydrogen (secondary N) is 1. The zero-order valence-corrected chi connectivity index (χ0v) is 11.7. The van der Waals surface area contributed by atoms with E-state index in [1.807, 2.05) is 32.9 Å². The van der Waals surface area contributed by atoms with Crippen molar-refractivity contribution in [1.29, 1.82) is 0 Å². The Balaban J connectivity index is 2.73. The van der Waals surface area contributed by atoms with Crippen molar-refractivity contribution in [3.05, 3.63) is 22.7 Å². The van der Waals surface area contributed by atoms with Gasteiger partial charge in [0.25, 0.3) is 0 Å². The monoisotopic (exact) mass is 256 g/mol. The fourth-order valence-corrected chi connectivity index (χ4v) is 1.65. The van der Waals surface area contributed by atoms with Gasteiger partial charge in [0.2, 0.25) is 0 Å². The molecule has 0 heterocycles. The zero-order valence-electron chi connectivity index (χ0n) is 10.9. The van der Waals surface area contributed by atoms with Crippen LogP contribution in [0.15, 0.2) is 12.1 Å². The molecule has 0 aromatic heterocycles. The maximum Gasteiger partial charge on any atom is 0.142 e. The second-order valence-electron chi connectivity index (χ2n) is 4.97. The van der Waals surface area contributed by atoms with Gasteiger partial charge in [-0.1, -0.05) is 11.6 Å². The van der Waals surface area contributed by atoms with E-state index in [0.29, 0.717) is 0 Å². The molecule has 4 heteroatoms. The van der Waals surface area contributed by atoms with Crippen LogP contribution in [0.1, 0.15) is 25.8 Å². The molecule has 96 valence electrons. The van der Waals surface area contributed by atoms with Crippen molar-refractivity contribution >= 4 is 17.3 Å². The number of hydrogen-bond donors (Lipinski definition) is 2. The molecule has 1 aromatic rings. The molecular weight excluding hydrogens is 236 g/mol. The van der Waals surface area contributed by atoms with Crippen LogP contribution in [0.2, 0.25) is 5.02 Å². The molecule has 0 amide bonds. The Morgan fingerprint density at radius 2 is 2.06 bits per heavy atom. The minimum absolute atomic E-state index is 0.172. The van der Waals surface area contributed by atoms with Crippen LogP contribution in [0.5, 0.6) is 5.75 Å². The predicted molar refractivity (Wildman–Crippen MR) is 74.1 cm³/mol. The number of benzene rings is 1. The largest absolute Gasteiger partial charge is 0.495 e. The molecule has 1 rings (SSSR count). The fraction of sp³-hybridized carbons (Fsp3) is 0.538. The third-order valence-electron chi connectivity index (χ3n) is 2.57. The Hall–Kier alpha value is -0.930. The summed E-state index contributed by atoms with van der Waals surface area (Å²) in [5.41, 5.74) is 7.67. The average Bonchev–Trinajstić information content (AvgIpc) is 2.21. The first-order chi connectivity index (χ1) is 7.83. The van der Waals surface area contributed by atoms with Gasteiger partial charge in [0.15, 0.2) is 0 Å². The van der Waals surface area contributed by atoms with Gasteiger partial charge in [-0.05, 0) is 44.9 Å². The molecule has 0 saturated carbocycles. The second kappa shape index (κ2) is 5.61. The normalized spacial score (nSPS) is 11.4. The van der Waals surface area contributed by atoms with Crippen LogP contribution in [-0.2, 0) is 0 Å². The molecule has 0 fully saturated rings. The van der Waals surface area contributed by atoms with E-state index in [9.17, 15) is 0 Å². The molecule has 0 radical (unpaired) electrons. The lowest BCUT2D eigenvalue weighted by Gasteiger charge is -2.20. The number of ether oxygens (including phenoxy) is 1. The van der Waals surface area contributed by atoms with E-state index in [1.165, 1.54) is 0 Å². The fourth-order valence-electron chi connectivity index (χ4n) is 1.48. The number of halogens is 1. The lowest BCUT2D eigenvalue weighted by Crippen LogP contribution is -2.34. The summed E-state index contributed by atoms with van der Waals surface area (Å²) >= 11 is 6.09. The van der Waals surface area contributed by atoms with Gasteiger partial charge in [-0.3, -0.25) is 0 Å². The van der Waals surface area contributed by atoms with Gasteiger partial charge < -0.3 is 15.8 Å². The summed E-state index contributed by atoms with van der Waals surface area (Å²) in [5.74, 6) is 0.807. The van der Waals surface area contributed by atoms with Gasteiger partial charge in [-0.25, -0.2) is 0 Å². The Kier molecular flexibility index (Phi) is 4.66. The van der Waals surface area contributed by atoms with Crippen LogP contribution in [0.3, 0.4) is 0 Å². The van der Waals surface area contributed by atoms with Crippen LogP contribution in [0.4, 0.5) is 5.69 Å². The minimum atomic E-state index is -0.172. The van der Waals surface area contributed by atoms with Crippen molar-refractivity contribution in [2.45, 2.75) is 32.7 Å². The maximum atomic E-state index is 6.09. The Bertz CT molecular complexity index is 386. The average molecular weight is 257 g/mol. The number of aryl methyl sites for hydroxylation is 1. The second-order valence-corrected chi connectivity index (χ2v) is 5.37. The smallest absolute Gasteiger partial charge is 0.142 e. The van der Waals surface area contributed by atoms with E-state index >= 15 is 0 Å². The van der Waals surface area contributed by atoms with Crippen LogP contribution < -0.4 is 15.8 Å². The van der Waals surface area contributed by atoms with Crippen molar-refractivity contribution < 1.29 is 4.74 Å². The maximum absolute atomic E-state index is 6.09. The standard InChI is InChI=1S/C13H21ClN2O/c1-9-7-12(17-4)11(8-10(9)14)16-6-5-13(2,3)15/h7-8,16H,5-6,15H2,1-4H3. The van der Waals surface area contributed by atoms with E-state index in [0.717, 1.165) is 35.0 Å². The number of hydrogen-bond acceptors (Lipinski definition) is 3. The first kappa shape index (κ1) is 14.1. The summed E-state index contributed by atoms with van der Waals surface area (Å²) in [6, 6.07) is 3.82. The van der Waals surface area contributed by atoms with Crippen molar-refractivity contribution in [3.63, 3.8) is 0 Å². The van der Waals surface area contributed by atoms with E-state index < -0.39 is 0 Å². The van der Waals surface area contributed by atoms with E-state index in [1.54, 1.807) is 7.11 Å². The topological polar surface area (TPSA) is 47.3 Å². The van der Waals surface area contributed by atoms with Crippen LogP contribution in [-0.4, -0.2) is 19.2 Å². The molecule has 3 N–H and O–H groups in total. The zero-order chi connectivity index (χ0) is 13.1. The first-order valence-corrected chi connectivity index (χ1v) is 6.08. The minimum Gasteiger partial charge on any atom is -0.495 e. The number of rotatable bonds is 5. The molecular formula is C13H21ClN2O. The van der Waals surface area contributed by atoms with Gasteiger partial charge in [-0.15, -0.1) is 0 Å². The molecule has 0 aliphatic heterocycles. The summed E-state index contributed by atoms with van der Waals surface area (Å²) in [7, 11) is 1.65. The van der Waals surface area contributed by atoms with Crippen LogP contribution in [0, 0.1) is 6.92 Å². The van der Waals surface area contributed by atoms with Crippen molar-refractivity contribution in [2.75, 3.05) is 19.0 Å². The summed E-state index contributed by atoms with van der Waals surface area (Å²) in [6.45, 7) is 6.76. The summed E-state index contributed by atoms with van der Waals surface area (Å²) in [4.78, 5) is 0. The lowest BCUT2D eigenvalue weighted by atomic mass is 10.0. The predicted octanol–water partition coefficient (Wildman–Crippen LogP) is 3.20. The number of anilines is 1. The summed E-state index contributed by atoms with van der Waals surface area (Å²) in [5, 5.41) is 4.04. The lowest BCUT2D eigenvalue weighted by molar-refractivity contribution is 0.415. The van der Waals surface area contributed by atoms with Crippen molar-refractivity contribution in [2.24, 2.45) is 5.73 Å². The third kappa shape index (κ3) is 4.44. The molecule has 17 heavy (non-hydrogen) atoms. The van der Waals surface area contributed by atoms with Gasteiger partial charge >= 0.3 is 0 Å². The molecule has 0 aliphatic rings. The molecule has 0 bridgehead atoms. The van der Waals surface area contributed by atoms with Crippen LogP contribution in [0.25, 0.3) is 0 Å². The highest BCUT2D eigenvalue weighted by Gasteiger charge is 2.11. The van der Waals surface area contributed by atoms with Gasteiger partial charge in [0.1, 0.15) is 5.75 Å². The Labute approximate surface area is 108 Å². The Morgan fingerprint density at radius 1 is 1.41 bits per heavy atom. The highest BCUT2D eigenvalue weighted by molar-refractivity contribution is 6.31. The Morgan fingerprint density at radius 3 is 2.59 bits per heavy atom. The van der Waals surface area contributed by atoms with E-state index in [4.69, 9.17) is 22.1 Å². The molecule has 0 spiro atoms. The third-order valence-corrected chi connectivity index (χ3v) is 2.97. The summed E-state index contributed by atoms with van der Waals surface area (Å²) in [6.07, 6.45) is 0.877. The number of methoxy groups -OCH3 is 1. The highest BCUT2D eigenvalue weighted by atomic mass is 35.5. The molecule has 0 aliphatic carbocycles. The molecule has 1 aromatic carbocycles. The summed E-state index contributed by atoms with van der Waals surface area (Å²) < 4.78 is 5.31. The van der Waals surface area contributed by atoms with Crippen molar-refractivity contribution in [1.82, 2.24) is 0 Å². The van der Waals surface area contributed by atoms with Gasteiger partial charge in [0.05, 0.1) is 12.8 Å². The molecule has 0 unspecified atom stereocenters. The van der Waals surface area contributed by atoms with Crippen LogP contribution >= 0.6 is 11.6 Å². The SMILES string of the molecule is COc1cc(C)c(Cl)cc1NCCC(C)(C)N.